The van der Waals surface area contributed by atoms with Crippen molar-refractivity contribution < 1.29 is 9.72 Å². The number of H-pyrrole nitrogens is 1. The lowest BCUT2D eigenvalue weighted by Gasteiger charge is -1.98. The van der Waals surface area contributed by atoms with Crippen LogP contribution in [-0.2, 0) is 13.6 Å². The molecule has 0 aliphatic rings. The highest BCUT2D eigenvalue weighted by molar-refractivity contribution is 5.92. The molecule has 2 heterocycles. The second-order valence-electron chi connectivity index (χ2n) is 3.56. The molecule has 0 aliphatic carbocycles. The van der Waals surface area contributed by atoms with Crippen LogP contribution < -0.4 is 5.32 Å². The molecule has 0 aromatic carbocycles. The molecule has 0 unspecified atom stereocenters. The Bertz CT molecular complexity index is 587. The Morgan fingerprint density at radius 3 is 3.00 bits per heavy atom. The van der Waals surface area contributed by atoms with E-state index in [2.05, 4.69) is 20.6 Å². The third-order valence-corrected chi connectivity index (χ3v) is 2.19. The smallest absolute Gasteiger partial charge is 0.343 e. The molecule has 9 nitrogen and oxygen atoms in total. The lowest BCUT2D eigenvalue weighted by molar-refractivity contribution is -0.389. The van der Waals surface area contributed by atoms with Gasteiger partial charge in [-0.25, -0.2) is 0 Å². The standard InChI is InChI=1S/C9H10N6O3/c1-14-3-2-6(13-14)5-10-9(16)7-4-8(12-11-7)15(17)18/h2-4H,5H2,1H3,(H,10,16)(H,11,12). The van der Waals surface area contributed by atoms with E-state index in [0.717, 1.165) is 6.07 Å². The van der Waals surface area contributed by atoms with Gasteiger partial charge in [0.2, 0.25) is 0 Å². The molecule has 0 bridgehead atoms. The monoisotopic (exact) mass is 250 g/mol. The number of carbonyl (C=O) groups is 1. The Hall–Kier alpha value is -2.71. The van der Waals surface area contributed by atoms with Crippen LogP contribution in [0, 0.1) is 10.1 Å². The van der Waals surface area contributed by atoms with Crippen molar-refractivity contribution in [3.63, 3.8) is 0 Å². The van der Waals surface area contributed by atoms with Crippen molar-refractivity contribution in [2.45, 2.75) is 6.54 Å². The highest BCUT2D eigenvalue weighted by Gasteiger charge is 2.16. The molecule has 0 fully saturated rings. The zero-order valence-electron chi connectivity index (χ0n) is 9.45. The van der Waals surface area contributed by atoms with Gasteiger partial charge in [0.25, 0.3) is 5.91 Å². The molecule has 2 rings (SSSR count). The first kappa shape index (κ1) is 11.8. The van der Waals surface area contributed by atoms with E-state index in [1.807, 2.05) is 0 Å². The van der Waals surface area contributed by atoms with Gasteiger partial charge in [0.05, 0.1) is 18.3 Å². The first-order valence-electron chi connectivity index (χ1n) is 5.03. The van der Waals surface area contributed by atoms with Gasteiger partial charge in [0.1, 0.15) is 0 Å². The van der Waals surface area contributed by atoms with Gasteiger partial charge in [-0.05, 0) is 11.0 Å². The maximum absolute atomic E-state index is 11.6. The summed E-state index contributed by atoms with van der Waals surface area (Å²) in [5, 5.41) is 22.8. The van der Waals surface area contributed by atoms with Crippen molar-refractivity contribution in [3.8, 4) is 0 Å². The van der Waals surface area contributed by atoms with Crippen molar-refractivity contribution in [3.05, 3.63) is 39.8 Å². The van der Waals surface area contributed by atoms with Gasteiger partial charge < -0.3 is 15.4 Å². The van der Waals surface area contributed by atoms with E-state index in [1.54, 1.807) is 24.0 Å². The largest absolute Gasteiger partial charge is 0.358 e. The minimum absolute atomic E-state index is 0.0300. The number of nitrogens with zero attached hydrogens (tertiary/aromatic N) is 4. The number of amides is 1. The topological polar surface area (TPSA) is 119 Å². The Balaban J connectivity index is 1.97. The maximum atomic E-state index is 11.6. The first-order valence-corrected chi connectivity index (χ1v) is 5.03. The number of carbonyl (C=O) groups excluding carboxylic acids is 1. The van der Waals surface area contributed by atoms with E-state index >= 15 is 0 Å². The lowest BCUT2D eigenvalue weighted by Crippen LogP contribution is -2.23. The summed E-state index contributed by atoms with van der Waals surface area (Å²) in [4.78, 5) is 21.4. The molecular formula is C9H10N6O3. The predicted molar refractivity (Wildman–Crippen MR) is 59.6 cm³/mol. The number of nitrogens with one attached hydrogen (secondary N) is 2. The Kier molecular flexibility index (Phi) is 3.04. The molecule has 0 aliphatic heterocycles. The van der Waals surface area contributed by atoms with Crippen molar-refractivity contribution >= 4 is 11.7 Å². The third-order valence-electron chi connectivity index (χ3n) is 2.19. The summed E-state index contributed by atoms with van der Waals surface area (Å²) in [5.74, 6) is -0.817. The van der Waals surface area contributed by atoms with E-state index in [-0.39, 0.29) is 18.1 Å². The SMILES string of the molecule is Cn1ccc(CNC(=O)c2cc([N+](=O)[O-])[nH]n2)n1. The average molecular weight is 250 g/mol. The quantitative estimate of drug-likeness (QED) is 0.583. The van der Waals surface area contributed by atoms with Crippen molar-refractivity contribution in [1.82, 2.24) is 25.3 Å². The van der Waals surface area contributed by atoms with Crippen molar-refractivity contribution in [2.24, 2.45) is 7.05 Å². The Labute approximate surface area is 101 Å². The summed E-state index contributed by atoms with van der Waals surface area (Å²) in [6.45, 7) is 0.236. The van der Waals surface area contributed by atoms with Crippen LogP contribution in [0.5, 0.6) is 0 Å². The zero-order chi connectivity index (χ0) is 13.1. The number of aromatic nitrogens is 4. The molecule has 1 amide bonds. The fourth-order valence-corrected chi connectivity index (χ4v) is 1.34. The van der Waals surface area contributed by atoms with Gasteiger partial charge in [-0.3, -0.25) is 9.48 Å². The van der Waals surface area contributed by atoms with Crippen LogP contribution >= 0.6 is 0 Å². The fraction of sp³-hybridized carbons (Fsp3) is 0.222. The molecule has 2 N–H and O–H groups in total. The molecule has 94 valence electrons. The molecule has 18 heavy (non-hydrogen) atoms. The molecule has 2 aromatic rings. The highest BCUT2D eigenvalue weighted by Crippen LogP contribution is 2.07. The van der Waals surface area contributed by atoms with Crippen molar-refractivity contribution in [2.75, 3.05) is 0 Å². The van der Waals surface area contributed by atoms with Gasteiger partial charge in [-0.15, -0.1) is 5.10 Å². The summed E-state index contributed by atoms with van der Waals surface area (Å²) in [6, 6.07) is 2.83. The number of nitro groups is 1. The van der Waals surface area contributed by atoms with E-state index in [1.165, 1.54) is 0 Å². The fourth-order valence-electron chi connectivity index (χ4n) is 1.34. The maximum Gasteiger partial charge on any atom is 0.343 e. The van der Waals surface area contributed by atoms with Gasteiger partial charge >= 0.3 is 5.82 Å². The van der Waals surface area contributed by atoms with Gasteiger partial charge in [-0.2, -0.15) is 5.10 Å². The molecule has 9 heteroatoms. The second-order valence-corrected chi connectivity index (χ2v) is 3.56. The van der Waals surface area contributed by atoms with E-state index in [0.29, 0.717) is 5.69 Å². The lowest BCUT2D eigenvalue weighted by atomic mass is 10.3. The van der Waals surface area contributed by atoms with E-state index in [9.17, 15) is 14.9 Å². The molecule has 0 saturated heterocycles. The number of hydrogen-bond acceptors (Lipinski definition) is 5. The van der Waals surface area contributed by atoms with Crippen LogP contribution in [0.4, 0.5) is 5.82 Å². The summed E-state index contributed by atoms with van der Waals surface area (Å²) in [5.41, 5.74) is 0.661. The molecular weight excluding hydrogens is 240 g/mol. The van der Waals surface area contributed by atoms with Crippen LogP contribution in [0.25, 0.3) is 0 Å². The summed E-state index contributed by atoms with van der Waals surface area (Å²) < 4.78 is 1.61. The number of aromatic amines is 1. The number of hydrogen-bond donors (Lipinski definition) is 2. The predicted octanol–water partition coefficient (Wildman–Crippen LogP) is -0.0186. The summed E-state index contributed by atoms with van der Waals surface area (Å²) in [6.07, 6.45) is 1.75. The Morgan fingerprint density at radius 2 is 2.44 bits per heavy atom. The molecule has 2 aromatic heterocycles. The van der Waals surface area contributed by atoms with Crippen LogP contribution in [0.15, 0.2) is 18.3 Å². The second kappa shape index (κ2) is 4.65. The Morgan fingerprint density at radius 1 is 1.67 bits per heavy atom. The molecule has 0 atom stereocenters. The highest BCUT2D eigenvalue weighted by atomic mass is 16.6. The van der Waals surface area contributed by atoms with Crippen LogP contribution in [0.3, 0.4) is 0 Å². The van der Waals surface area contributed by atoms with Crippen LogP contribution in [-0.4, -0.2) is 30.8 Å². The normalized spacial score (nSPS) is 10.3. The molecule has 0 spiro atoms. The minimum atomic E-state index is -0.650. The van der Waals surface area contributed by atoms with Crippen LogP contribution in [0.1, 0.15) is 16.2 Å². The molecule has 0 radical (unpaired) electrons. The number of aryl methyl sites for hydroxylation is 1. The van der Waals surface area contributed by atoms with Gasteiger partial charge in [0.15, 0.2) is 5.69 Å². The minimum Gasteiger partial charge on any atom is -0.358 e. The molecule has 0 saturated carbocycles. The summed E-state index contributed by atoms with van der Waals surface area (Å²) in [7, 11) is 1.77. The first-order chi connectivity index (χ1) is 8.56. The summed E-state index contributed by atoms with van der Waals surface area (Å²) >= 11 is 0. The zero-order valence-corrected chi connectivity index (χ0v) is 9.45. The third kappa shape index (κ3) is 2.51. The number of rotatable bonds is 4. The van der Waals surface area contributed by atoms with E-state index < -0.39 is 10.8 Å². The van der Waals surface area contributed by atoms with Gasteiger partial charge in [0, 0.05) is 13.2 Å². The van der Waals surface area contributed by atoms with Gasteiger partial charge in [-0.1, -0.05) is 5.10 Å². The van der Waals surface area contributed by atoms with Crippen molar-refractivity contribution in [1.29, 1.82) is 0 Å². The van der Waals surface area contributed by atoms with E-state index in [4.69, 9.17) is 0 Å². The average Bonchev–Trinajstić information content (AvgIpc) is 2.94. The van der Waals surface area contributed by atoms with Crippen LogP contribution in [0.2, 0.25) is 0 Å².